The maximum Gasteiger partial charge on any atom is 0.224 e. The van der Waals surface area contributed by atoms with Crippen molar-refractivity contribution in [2.45, 2.75) is 101 Å². The van der Waals surface area contributed by atoms with Crippen LogP contribution in [-0.4, -0.2) is 43.1 Å². The molecular weight excluding hydrogens is 348 g/mol. The molecule has 0 spiro atoms. The molecule has 5 nitrogen and oxygen atoms in total. The van der Waals surface area contributed by atoms with Gasteiger partial charge in [0.05, 0.1) is 5.25 Å². The van der Waals surface area contributed by atoms with E-state index in [-0.39, 0.29) is 17.2 Å². The molecule has 1 amide bonds. The lowest BCUT2D eigenvalue weighted by molar-refractivity contribution is -0.130. The quantitative estimate of drug-likeness (QED) is 0.812. The fraction of sp³-hybridized carbons (Fsp3) is 0.950. The van der Waals surface area contributed by atoms with Crippen LogP contribution >= 0.6 is 0 Å². The molecule has 1 heterocycles. The third-order valence-electron chi connectivity index (χ3n) is 7.41. The molecule has 148 valence electrons. The van der Waals surface area contributed by atoms with E-state index in [1.54, 1.807) is 0 Å². The molecule has 6 heteroatoms. The van der Waals surface area contributed by atoms with Gasteiger partial charge in [0.1, 0.15) is 0 Å². The number of nitrogens with zero attached hydrogens (tertiary/aromatic N) is 1. The van der Waals surface area contributed by atoms with Crippen molar-refractivity contribution in [1.82, 2.24) is 9.62 Å². The lowest BCUT2D eigenvalue weighted by Gasteiger charge is -2.41. The molecule has 26 heavy (non-hydrogen) atoms. The third kappa shape index (κ3) is 3.82. The minimum absolute atomic E-state index is 0.142. The Morgan fingerprint density at radius 3 is 2.35 bits per heavy atom. The van der Waals surface area contributed by atoms with Crippen molar-refractivity contribution in [1.29, 1.82) is 0 Å². The second kappa shape index (κ2) is 7.78. The third-order valence-corrected chi connectivity index (χ3v) is 9.46. The first-order valence-electron chi connectivity index (χ1n) is 10.9. The number of fused-ring (bicyclic) bond motifs is 1. The van der Waals surface area contributed by atoms with Gasteiger partial charge in [0, 0.05) is 25.0 Å². The zero-order valence-electron chi connectivity index (χ0n) is 15.9. The highest BCUT2D eigenvalue weighted by molar-refractivity contribution is 7.90. The number of hydrogen-bond donors (Lipinski definition) is 1. The maximum absolute atomic E-state index is 13.1. The van der Waals surface area contributed by atoms with Gasteiger partial charge in [0.15, 0.2) is 0 Å². The largest absolute Gasteiger partial charge is 0.338 e. The van der Waals surface area contributed by atoms with Crippen LogP contribution in [-0.2, 0) is 14.8 Å². The summed E-state index contributed by atoms with van der Waals surface area (Å²) in [5, 5.41) is -0.236. The highest BCUT2D eigenvalue weighted by atomic mass is 32.2. The van der Waals surface area contributed by atoms with Gasteiger partial charge in [-0.1, -0.05) is 51.4 Å². The molecule has 1 saturated heterocycles. The van der Waals surface area contributed by atoms with E-state index >= 15 is 0 Å². The average Bonchev–Trinajstić information content (AvgIpc) is 3.01. The molecule has 3 saturated carbocycles. The summed E-state index contributed by atoms with van der Waals surface area (Å²) in [5.74, 6) is 1.08. The Balaban J connectivity index is 1.40. The maximum atomic E-state index is 13.1. The Morgan fingerprint density at radius 2 is 1.54 bits per heavy atom. The lowest BCUT2D eigenvalue weighted by atomic mass is 9.71. The smallest absolute Gasteiger partial charge is 0.224 e. The summed E-state index contributed by atoms with van der Waals surface area (Å²) in [7, 11) is -3.34. The fourth-order valence-corrected chi connectivity index (χ4v) is 8.23. The molecule has 1 N–H and O–H groups in total. The summed E-state index contributed by atoms with van der Waals surface area (Å²) < 4.78 is 29.3. The van der Waals surface area contributed by atoms with Crippen molar-refractivity contribution < 1.29 is 13.2 Å². The first-order chi connectivity index (χ1) is 12.5. The molecule has 4 rings (SSSR count). The van der Waals surface area contributed by atoms with E-state index in [0.29, 0.717) is 30.8 Å². The van der Waals surface area contributed by atoms with Crippen LogP contribution in [0.4, 0.5) is 0 Å². The van der Waals surface area contributed by atoms with Gasteiger partial charge < -0.3 is 4.90 Å². The predicted octanol–water partition coefficient (Wildman–Crippen LogP) is 3.20. The Labute approximate surface area is 158 Å². The van der Waals surface area contributed by atoms with E-state index in [9.17, 15) is 13.2 Å². The fourth-order valence-electron chi connectivity index (χ4n) is 6.14. The van der Waals surface area contributed by atoms with Crippen LogP contribution in [0.15, 0.2) is 0 Å². The first-order valence-corrected chi connectivity index (χ1v) is 12.4. The van der Waals surface area contributed by atoms with Crippen molar-refractivity contribution in [2.75, 3.05) is 6.54 Å². The first kappa shape index (κ1) is 18.7. The molecule has 4 atom stereocenters. The van der Waals surface area contributed by atoms with E-state index in [1.807, 2.05) is 4.90 Å². The Bertz CT molecular complexity index is 613. The summed E-state index contributed by atoms with van der Waals surface area (Å²) in [6.07, 6.45) is 13.9. The van der Waals surface area contributed by atoms with Gasteiger partial charge in [-0.15, -0.1) is 0 Å². The number of rotatable bonds is 4. The van der Waals surface area contributed by atoms with Crippen molar-refractivity contribution in [3.63, 3.8) is 0 Å². The van der Waals surface area contributed by atoms with Crippen molar-refractivity contribution in [3.8, 4) is 0 Å². The zero-order valence-corrected chi connectivity index (χ0v) is 16.7. The summed E-state index contributed by atoms with van der Waals surface area (Å²) in [5.41, 5.74) is 0. The standard InChI is InChI=1S/C20H34N2O3S/c23-20-13-16(14-22(20)17-9-2-1-3-10-17)21-26(24,25)19-12-6-8-15-7-4-5-11-18(15)19/h15-19,21H,1-14H2. The molecule has 3 aliphatic carbocycles. The summed E-state index contributed by atoms with van der Waals surface area (Å²) in [6, 6.07) is 0.113. The van der Waals surface area contributed by atoms with Crippen molar-refractivity contribution in [3.05, 3.63) is 0 Å². The van der Waals surface area contributed by atoms with Gasteiger partial charge >= 0.3 is 0 Å². The van der Waals surface area contributed by atoms with Gasteiger partial charge in [-0.25, -0.2) is 13.1 Å². The minimum Gasteiger partial charge on any atom is -0.338 e. The summed E-state index contributed by atoms with van der Waals surface area (Å²) in [6.45, 7) is 0.573. The average molecular weight is 383 g/mol. The summed E-state index contributed by atoms with van der Waals surface area (Å²) in [4.78, 5) is 14.4. The highest BCUT2D eigenvalue weighted by Gasteiger charge is 2.44. The van der Waals surface area contributed by atoms with E-state index in [2.05, 4.69) is 4.72 Å². The molecule has 0 aromatic carbocycles. The Kier molecular flexibility index (Phi) is 5.61. The number of hydrogen-bond acceptors (Lipinski definition) is 3. The van der Waals surface area contributed by atoms with E-state index in [0.717, 1.165) is 32.1 Å². The number of nitrogens with one attached hydrogen (secondary N) is 1. The monoisotopic (exact) mass is 382 g/mol. The van der Waals surface area contributed by atoms with Gasteiger partial charge in [0.25, 0.3) is 0 Å². The molecule has 4 aliphatic rings. The second-order valence-electron chi connectivity index (χ2n) is 9.08. The Morgan fingerprint density at radius 1 is 0.846 bits per heavy atom. The van der Waals surface area contributed by atoms with Crippen LogP contribution in [0, 0.1) is 11.8 Å². The number of amides is 1. The van der Waals surface area contributed by atoms with E-state index < -0.39 is 10.0 Å². The topological polar surface area (TPSA) is 66.5 Å². The SMILES string of the molecule is O=C1CC(NS(=O)(=O)C2CCCC3CCCCC32)CN1C1CCCCC1. The molecule has 0 aromatic heterocycles. The highest BCUT2D eigenvalue weighted by Crippen LogP contribution is 2.43. The van der Waals surface area contributed by atoms with Crippen molar-refractivity contribution >= 4 is 15.9 Å². The Hall–Kier alpha value is -0.620. The number of carbonyl (C=O) groups is 1. The van der Waals surface area contributed by atoms with Crippen LogP contribution in [0.25, 0.3) is 0 Å². The van der Waals surface area contributed by atoms with Gasteiger partial charge in [-0.2, -0.15) is 0 Å². The number of sulfonamides is 1. The number of likely N-dealkylation sites (tertiary alicyclic amines) is 1. The zero-order chi connectivity index (χ0) is 18.1. The number of carbonyl (C=O) groups excluding carboxylic acids is 1. The van der Waals surface area contributed by atoms with Crippen LogP contribution < -0.4 is 4.72 Å². The predicted molar refractivity (Wildman–Crippen MR) is 102 cm³/mol. The van der Waals surface area contributed by atoms with Crippen LogP contribution in [0.2, 0.25) is 0 Å². The van der Waals surface area contributed by atoms with Crippen LogP contribution in [0.5, 0.6) is 0 Å². The van der Waals surface area contributed by atoms with Gasteiger partial charge in [0.2, 0.25) is 15.9 Å². The second-order valence-corrected chi connectivity index (χ2v) is 11.0. The molecule has 4 unspecified atom stereocenters. The van der Waals surface area contributed by atoms with Crippen LogP contribution in [0.3, 0.4) is 0 Å². The molecular formula is C20H34N2O3S. The normalized spacial score (nSPS) is 36.9. The molecule has 0 bridgehead atoms. The molecule has 4 fully saturated rings. The summed E-state index contributed by atoms with van der Waals surface area (Å²) >= 11 is 0. The molecule has 1 aliphatic heterocycles. The van der Waals surface area contributed by atoms with Gasteiger partial charge in [-0.05, 0) is 37.5 Å². The van der Waals surface area contributed by atoms with E-state index in [4.69, 9.17) is 0 Å². The molecule has 0 aromatic rings. The van der Waals surface area contributed by atoms with Crippen molar-refractivity contribution in [2.24, 2.45) is 11.8 Å². The van der Waals surface area contributed by atoms with E-state index in [1.165, 1.54) is 44.9 Å². The molecule has 0 radical (unpaired) electrons. The lowest BCUT2D eigenvalue weighted by Crippen LogP contribution is -2.49. The minimum atomic E-state index is -3.34. The van der Waals surface area contributed by atoms with Gasteiger partial charge in [-0.3, -0.25) is 4.79 Å². The van der Waals surface area contributed by atoms with Crippen LogP contribution in [0.1, 0.15) is 83.5 Å².